The molecule has 0 fully saturated rings. The summed E-state index contributed by atoms with van der Waals surface area (Å²) in [7, 11) is 1.82. The predicted octanol–water partition coefficient (Wildman–Crippen LogP) is 1.96. The number of nitrogens with one attached hydrogen (secondary N) is 1. The summed E-state index contributed by atoms with van der Waals surface area (Å²) in [5.74, 6) is 0.284. The van der Waals surface area contributed by atoms with Crippen LogP contribution in [0.1, 0.15) is 17.3 Å². The monoisotopic (exact) mass is 301 g/mol. The van der Waals surface area contributed by atoms with E-state index in [1.807, 2.05) is 14.0 Å². The van der Waals surface area contributed by atoms with Crippen LogP contribution in [0.5, 0.6) is 0 Å². The maximum Gasteiger partial charge on any atom is 0.163 e. The summed E-state index contributed by atoms with van der Waals surface area (Å²) in [5.41, 5.74) is 2.29. The molecule has 0 saturated heterocycles. The summed E-state index contributed by atoms with van der Waals surface area (Å²) >= 11 is 0. The van der Waals surface area contributed by atoms with E-state index in [1.165, 1.54) is 18.5 Å². The van der Waals surface area contributed by atoms with Gasteiger partial charge in [0.2, 0.25) is 0 Å². The number of benzene rings is 1. The molecule has 0 unspecified atom stereocenters. The van der Waals surface area contributed by atoms with E-state index in [1.54, 1.807) is 16.8 Å². The molecular weight excluding hydrogens is 285 g/mol. The number of fused-ring (bicyclic) bond motifs is 1. The van der Waals surface area contributed by atoms with Crippen molar-refractivity contribution in [1.82, 2.24) is 19.7 Å². The molecule has 3 rings (SSSR count). The summed E-state index contributed by atoms with van der Waals surface area (Å²) < 4.78 is 14.7. The maximum absolute atomic E-state index is 13.0. The van der Waals surface area contributed by atoms with Crippen molar-refractivity contribution < 1.29 is 9.50 Å². The van der Waals surface area contributed by atoms with Crippen LogP contribution < -0.4 is 5.32 Å². The van der Waals surface area contributed by atoms with Crippen LogP contribution in [-0.2, 0) is 7.05 Å². The summed E-state index contributed by atoms with van der Waals surface area (Å²) in [6, 6.07) is 5.61. The van der Waals surface area contributed by atoms with E-state index in [0.29, 0.717) is 11.5 Å². The lowest BCUT2D eigenvalue weighted by atomic mass is 10.1. The Balaban J connectivity index is 1.99. The topological polar surface area (TPSA) is 75.9 Å². The fourth-order valence-electron chi connectivity index (χ4n) is 2.48. The Morgan fingerprint density at radius 1 is 1.27 bits per heavy atom. The van der Waals surface area contributed by atoms with E-state index in [9.17, 15) is 9.50 Å². The van der Waals surface area contributed by atoms with Gasteiger partial charge in [-0.25, -0.2) is 14.4 Å². The zero-order chi connectivity index (χ0) is 15.7. The number of nitrogens with zero attached hydrogens (tertiary/aromatic N) is 4. The van der Waals surface area contributed by atoms with E-state index >= 15 is 0 Å². The zero-order valence-electron chi connectivity index (χ0n) is 12.3. The maximum atomic E-state index is 13.0. The molecule has 22 heavy (non-hydrogen) atoms. The zero-order valence-corrected chi connectivity index (χ0v) is 12.3. The van der Waals surface area contributed by atoms with Crippen LogP contribution in [0.4, 0.5) is 10.2 Å². The second kappa shape index (κ2) is 5.69. The fraction of sp³-hybridized carbons (Fsp3) is 0.267. The number of anilines is 1. The first-order valence-electron chi connectivity index (χ1n) is 6.87. The summed E-state index contributed by atoms with van der Waals surface area (Å²) in [6.45, 7) is 1.74. The molecule has 0 aliphatic rings. The van der Waals surface area contributed by atoms with E-state index in [4.69, 9.17) is 0 Å². The van der Waals surface area contributed by atoms with Crippen molar-refractivity contribution in [2.24, 2.45) is 7.05 Å². The number of halogens is 1. The molecule has 0 bridgehead atoms. The Morgan fingerprint density at radius 2 is 2.00 bits per heavy atom. The minimum Gasteiger partial charge on any atom is -0.394 e. The third-order valence-electron chi connectivity index (χ3n) is 3.56. The van der Waals surface area contributed by atoms with Crippen LogP contribution in [0.25, 0.3) is 11.0 Å². The molecule has 3 aromatic rings. The van der Waals surface area contributed by atoms with Gasteiger partial charge in [-0.05, 0) is 24.6 Å². The lowest BCUT2D eigenvalue weighted by Crippen LogP contribution is -2.16. The van der Waals surface area contributed by atoms with Crippen molar-refractivity contribution in [3.8, 4) is 0 Å². The summed E-state index contributed by atoms with van der Waals surface area (Å²) in [6.07, 6.45) is 1.45. The molecule has 2 N–H and O–H groups in total. The second-order valence-electron chi connectivity index (χ2n) is 5.06. The van der Waals surface area contributed by atoms with Crippen molar-refractivity contribution >= 4 is 16.9 Å². The van der Waals surface area contributed by atoms with Crippen LogP contribution in [0.3, 0.4) is 0 Å². The van der Waals surface area contributed by atoms with Gasteiger partial charge in [-0.15, -0.1) is 0 Å². The van der Waals surface area contributed by atoms with Gasteiger partial charge in [-0.2, -0.15) is 5.10 Å². The number of aliphatic hydroxyl groups excluding tert-OH is 1. The largest absolute Gasteiger partial charge is 0.394 e. The normalized spacial score (nSPS) is 12.5. The minimum absolute atomic E-state index is 0.142. The number of aromatic nitrogens is 4. The average Bonchev–Trinajstić information content (AvgIpc) is 2.81. The number of aliphatic hydroxyl groups is 1. The van der Waals surface area contributed by atoms with Gasteiger partial charge in [-0.3, -0.25) is 4.68 Å². The van der Waals surface area contributed by atoms with Gasteiger partial charge in [0.25, 0.3) is 0 Å². The van der Waals surface area contributed by atoms with Gasteiger partial charge in [0, 0.05) is 7.05 Å². The van der Waals surface area contributed by atoms with Gasteiger partial charge in [0.05, 0.1) is 23.7 Å². The number of hydrogen-bond donors (Lipinski definition) is 2. The highest BCUT2D eigenvalue weighted by Crippen LogP contribution is 2.26. The first-order chi connectivity index (χ1) is 10.6. The van der Waals surface area contributed by atoms with E-state index in [-0.39, 0.29) is 12.4 Å². The molecule has 2 heterocycles. The minimum atomic E-state index is -0.390. The quantitative estimate of drug-likeness (QED) is 0.770. The smallest absolute Gasteiger partial charge is 0.163 e. The molecule has 0 amide bonds. The summed E-state index contributed by atoms with van der Waals surface area (Å²) in [4.78, 5) is 8.47. The van der Waals surface area contributed by atoms with Crippen molar-refractivity contribution in [2.75, 3.05) is 11.9 Å². The number of rotatable bonds is 4. The lowest BCUT2D eigenvalue weighted by molar-refractivity contribution is 0.276. The molecule has 6 nitrogen and oxygen atoms in total. The van der Waals surface area contributed by atoms with Gasteiger partial charge < -0.3 is 10.4 Å². The Labute approximate surface area is 126 Å². The Hall–Kier alpha value is -2.54. The molecule has 0 radical (unpaired) electrons. The molecule has 1 atom stereocenters. The molecule has 114 valence electrons. The highest BCUT2D eigenvalue weighted by atomic mass is 19.1. The Morgan fingerprint density at radius 3 is 2.68 bits per heavy atom. The van der Waals surface area contributed by atoms with Crippen LogP contribution in [-0.4, -0.2) is 31.5 Å². The number of aryl methyl sites for hydroxylation is 2. The van der Waals surface area contributed by atoms with Crippen LogP contribution in [0, 0.1) is 12.7 Å². The molecule has 1 aromatic carbocycles. The van der Waals surface area contributed by atoms with E-state index < -0.39 is 6.04 Å². The van der Waals surface area contributed by atoms with Crippen LogP contribution in [0.15, 0.2) is 30.6 Å². The third-order valence-corrected chi connectivity index (χ3v) is 3.56. The second-order valence-corrected chi connectivity index (χ2v) is 5.06. The van der Waals surface area contributed by atoms with Gasteiger partial charge in [0.15, 0.2) is 5.65 Å². The van der Waals surface area contributed by atoms with Crippen molar-refractivity contribution in [2.45, 2.75) is 13.0 Å². The van der Waals surface area contributed by atoms with Crippen LogP contribution in [0.2, 0.25) is 0 Å². The third kappa shape index (κ3) is 2.50. The predicted molar refractivity (Wildman–Crippen MR) is 80.9 cm³/mol. The molecule has 2 aromatic heterocycles. The Bertz CT molecular complexity index is 800. The van der Waals surface area contributed by atoms with Gasteiger partial charge >= 0.3 is 0 Å². The SMILES string of the molecule is Cc1nn(C)c2ncnc(N[C@H](CO)c3ccc(F)cc3)c12. The first kappa shape index (κ1) is 14.4. The number of hydrogen-bond acceptors (Lipinski definition) is 5. The van der Waals surface area contributed by atoms with Gasteiger partial charge in [-0.1, -0.05) is 12.1 Å². The van der Waals surface area contributed by atoms with Crippen molar-refractivity contribution in [3.05, 3.63) is 47.7 Å². The van der Waals surface area contributed by atoms with Crippen LogP contribution >= 0.6 is 0 Å². The van der Waals surface area contributed by atoms with Crippen molar-refractivity contribution in [1.29, 1.82) is 0 Å². The van der Waals surface area contributed by atoms with E-state index in [0.717, 1.165) is 16.6 Å². The van der Waals surface area contributed by atoms with Gasteiger partial charge in [0.1, 0.15) is 18.0 Å². The first-order valence-corrected chi connectivity index (χ1v) is 6.87. The average molecular weight is 301 g/mol. The standard InChI is InChI=1S/C15H16FN5O/c1-9-13-14(17-8-18-15(13)21(2)20-9)19-12(7-22)10-3-5-11(16)6-4-10/h3-6,8,12,22H,7H2,1-2H3,(H,17,18,19)/t12-/m1/s1. The molecule has 0 saturated carbocycles. The molecule has 0 spiro atoms. The molecule has 7 heteroatoms. The molecular formula is C15H16FN5O. The highest BCUT2D eigenvalue weighted by molar-refractivity contribution is 5.89. The van der Waals surface area contributed by atoms with E-state index in [2.05, 4.69) is 20.4 Å². The summed E-state index contributed by atoms with van der Waals surface area (Å²) in [5, 5.41) is 18.0. The lowest BCUT2D eigenvalue weighted by Gasteiger charge is -2.17. The fourth-order valence-corrected chi connectivity index (χ4v) is 2.48. The highest BCUT2D eigenvalue weighted by Gasteiger charge is 2.16. The molecule has 0 aliphatic heterocycles. The molecule has 0 aliphatic carbocycles. The van der Waals surface area contributed by atoms with Crippen molar-refractivity contribution in [3.63, 3.8) is 0 Å². The Kier molecular flexibility index (Phi) is 3.72.